The molecule has 30 heavy (non-hydrogen) atoms. The lowest BCUT2D eigenvalue weighted by Crippen LogP contribution is -2.29. The lowest BCUT2D eigenvalue weighted by molar-refractivity contribution is 0.0953. The number of hydrazine groups is 1. The molecule has 3 heterocycles. The highest BCUT2D eigenvalue weighted by atomic mass is 16.5. The SMILES string of the molecule is CC(C)=CCOc1c2ccoc2cc2oc(=O)ccc12.NNC(=O)c1ccncc1. The minimum absolute atomic E-state index is 0.303. The molecule has 4 rings (SSSR count). The van der Waals surface area contributed by atoms with Crippen LogP contribution in [0.2, 0.25) is 0 Å². The maximum absolute atomic E-state index is 11.3. The average Bonchev–Trinajstić information content (AvgIpc) is 3.21. The van der Waals surface area contributed by atoms with Crippen molar-refractivity contribution in [2.75, 3.05) is 6.61 Å². The summed E-state index contributed by atoms with van der Waals surface area (Å²) in [5.74, 6) is 5.25. The number of aromatic nitrogens is 1. The summed E-state index contributed by atoms with van der Waals surface area (Å²) >= 11 is 0. The van der Waals surface area contributed by atoms with Crippen molar-refractivity contribution in [3.05, 3.63) is 82.7 Å². The standard InChI is InChI=1S/C16H14O4.C6H7N3O/c1-10(2)5-7-19-16-11-3-4-15(17)20-14(11)9-13-12(16)6-8-18-13;7-9-6(10)5-1-3-8-4-2-5/h3-6,8-9H,7H2,1-2H3;1-4H,7H2,(H,9,10). The first kappa shape index (κ1) is 20.8. The number of hydrogen-bond acceptors (Lipinski definition) is 7. The summed E-state index contributed by atoms with van der Waals surface area (Å²) in [5, 5.41) is 1.63. The molecule has 1 aromatic carbocycles. The van der Waals surface area contributed by atoms with Crippen LogP contribution >= 0.6 is 0 Å². The van der Waals surface area contributed by atoms with E-state index in [0.717, 1.165) is 10.8 Å². The molecule has 0 saturated heterocycles. The van der Waals surface area contributed by atoms with Gasteiger partial charge in [-0.2, -0.15) is 0 Å². The Morgan fingerprint density at radius 2 is 1.87 bits per heavy atom. The van der Waals surface area contributed by atoms with Crippen LogP contribution in [0.15, 0.2) is 80.3 Å². The fourth-order valence-electron chi connectivity index (χ4n) is 2.64. The lowest BCUT2D eigenvalue weighted by Gasteiger charge is -2.08. The normalized spacial score (nSPS) is 10.2. The van der Waals surface area contributed by atoms with Crippen LogP contribution in [0.4, 0.5) is 0 Å². The largest absolute Gasteiger partial charge is 0.488 e. The van der Waals surface area contributed by atoms with Crippen molar-refractivity contribution < 1.29 is 18.4 Å². The van der Waals surface area contributed by atoms with Crippen molar-refractivity contribution in [2.45, 2.75) is 13.8 Å². The molecule has 0 spiro atoms. The Morgan fingerprint density at radius 1 is 1.13 bits per heavy atom. The molecule has 3 aromatic heterocycles. The molecule has 0 bridgehead atoms. The molecule has 0 atom stereocenters. The Morgan fingerprint density at radius 3 is 2.57 bits per heavy atom. The van der Waals surface area contributed by atoms with Gasteiger partial charge in [-0.05, 0) is 44.2 Å². The first-order chi connectivity index (χ1) is 14.5. The lowest BCUT2D eigenvalue weighted by atomic mass is 10.1. The molecule has 0 saturated carbocycles. The molecule has 0 aliphatic rings. The van der Waals surface area contributed by atoms with Gasteiger partial charge < -0.3 is 13.6 Å². The summed E-state index contributed by atoms with van der Waals surface area (Å²) in [6, 6.07) is 9.83. The zero-order chi connectivity index (χ0) is 21.5. The van der Waals surface area contributed by atoms with Crippen LogP contribution < -0.4 is 21.6 Å². The zero-order valence-corrected chi connectivity index (χ0v) is 16.5. The fraction of sp³-hybridized carbons (Fsp3) is 0.136. The Bertz CT molecular complexity index is 1240. The van der Waals surface area contributed by atoms with Crippen molar-refractivity contribution in [1.82, 2.24) is 10.4 Å². The second-order valence-electron chi connectivity index (χ2n) is 6.51. The van der Waals surface area contributed by atoms with Crippen LogP contribution in [-0.4, -0.2) is 17.5 Å². The number of furan rings is 1. The number of carbonyl (C=O) groups excluding carboxylic acids is 1. The van der Waals surface area contributed by atoms with Crippen LogP contribution in [0.25, 0.3) is 21.9 Å². The zero-order valence-electron chi connectivity index (χ0n) is 16.5. The third-order valence-corrected chi connectivity index (χ3v) is 4.10. The topological polar surface area (TPSA) is 121 Å². The van der Waals surface area contributed by atoms with E-state index in [1.165, 1.54) is 24.0 Å². The van der Waals surface area contributed by atoms with Gasteiger partial charge >= 0.3 is 5.63 Å². The molecular formula is C22H21N3O5. The van der Waals surface area contributed by atoms with Crippen LogP contribution in [0.3, 0.4) is 0 Å². The quantitative estimate of drug-likeness (QED) is 0.174. The predicted molar refractivity (Wildman–Crippen MR) is 113 cm³/mol. The van der Waals surface area contributed by atoms with E-state index >= 15 is 0 Å². The Hall–Kier alpha value is -3.91. The first-order valence-corrected chi connectivity index (χ1v) is 9.11. The van der Waals surface area contributed by atoms with Gasteiger partial charge in [0.15, 0.2) is 0 Å². The average molecular weight is 407 g/mol. The highest BCUT2D eigenvalue weighted by Crippen LogP contribution is 2.34. The minimum Gasteiger partial charge on any atom is -0.488 e. The van der Waals surface area contributed by atoms with Crippen LogP contribution in [0.1, 0.15) is 24.2 Å². The monoisotopic (exact) mass is 407 g/mol. The molecule has 3 N–H and O–H groups in total. The molecule has 8 nitrogen and oxygen atoms in total. The van der Waals surface area contributed by atoms with Gasteiger partial charge in [0.1, 0.15) is 23.5 Å². The molecule has 0 radical (unpaired) electrons. The number of hydrogen-bond donors (Lipinski definition) is 2. The summed E-state index contributed by atoms with van der Waals surface area (Å²) in [4.78, 5) is 25.8. The number of allylic oxidation sites excluding steroid dienone is 1. The third kappa shape index (κ3) is 4.92. The molecule has 0 unspecified atom stereocenters. The number of nitrogens with one attached hydrogen (secondary N) is 1. The Kier molecular flexibility index (Phi) is 6.61. The predicted octanol–water partition coefficient (Wildman–Crippen LogP) is 3.57. The maximum Gasteiger partial charge on any atom is 0.336 e. The van der Waals surface area contributed by atoms with Gasteiger partial charge in [0.2, 0.25) is 0 Å². The van der Waals surface area contributed by atoms with Crippen molar-refractivity contribution >= 4 is 27.8 Å². The molecule has 0 aliphatic carbocycles. The van der Waals surface area contributed by atoms with Crippen molar-refractivity contribution in [2.24, 2.45) is 5.84 Å². The van der Waals surface area contributed by atoms with Gasteiger partial charge in [-0.1, -0.05) is 5.57 Å². The Balaban J connectivity index is 0.000000216. The van der Waals surface area contributed by atoms with Crippen molar-refractivity contribution in [1.29, 1.82) is 0 Å². The van der Waals surface area contributed by atoms with E-state index in [0.29, 0.717) is 29.1 Å². The van der Waals surface area contributed by atoms with Gasteiger partial charge in [0, 0.05) is 30.1 Å². The molecule has 4 aromatic rings. The van der Waals surface area contributed by atoms with E-state index in [2.05, 4.69) is 4.98 Å². The number of amides is 1. The summed E-state index contributed by atoms with van der Waals surface area (Å²) in [5.41, 5.74) is 4.42. The Labute approximate surface area is 171 Å². The van der Waals surface area contributed by atoms with Gasteiger partial charge in [0.25, 0.3) is 5.91 Å². The summed E-state index contributed by atoms with van der Waals surface area (Å²) in [7, 11) is 0. The molecule has 0 fully saturated rings. The smallest absolute Gasteiger partial charge is 0.336 e. The molecule has 154 valence electrons. The van der Waals surface area contributed by atoms with Gasteiger partial charge in [0.05, 0.1) is 17.0 Å². The second kappa shape index (κ2) is 9.53. The van der Waals surface area contributed by atoms with E-state index in [9.17, 15) is 9.59 Å². The first-order valence-electron chi connectivity index (χ1n) is 9.11. The number of nitrogens with zero attached hydrogens (tertiary/aromatic N) is 1. The van der Waals surface area contributed by atoms with Gasteiger partial charge in [-0.15, -0.1) is 0 Å². The van der Waals surface area contributed by atoms with E-state index in [-0.39, 0.29) is 5.91 Å². The van der Waals surface area contributed by atoms with E-state index < -0.39 is 5.63 Å². The van der Waals surface area contributed by atoms with E-state index in [1.54, 1.807) is 30.5 Å². The van der Waals surface area contributed by atoms with Crippen LogP contribution in [0, 0.1) is 0 Å². The number of pyridine rings is 1. The molecule has 8 heteroatoms. The number of nitrogen functional groups attached to an aromatic ring is 1. The number of rotatable bonds is 4. The number of benzene rings is 1. The number of carbonyl (C=O) groups is 1. The fourth-order valence-corrected chi connectivity index (χ4v) is 2.64. The summed E-state index contributed by atoms with van der Waals surface area (Å²) in [6.07, 6.45) is 6.65. The number of ether oxygens (including phenoxy) is 1. The summed E-state index contributed by atoms with van der Waals surface area (Å²) in [6.45, 7) is 4.48. The number of fused-ring (bicyclic) bond motifs is 2. The van der Waals surface area contributed by atoms with E-state index in [1.807, 2.05) is 31.4 Å². The number of nitrogens with two attached hydrogens (primary N) is 1. The maximum atomic E-state index is 11.3. The highest BCUT2D eigenvalue weighted by Gasteiger charge is 2.12. The summed E-state index contributed by atoms with van der Waals surface area (Å²) < 4.78 is 16.4. The van der Waals surface area contributed by atoms with Crippen LogP contribution in [-0.2, 0) is 0 Å². The molecule has 1 amide bonds. The van der Waals surface area contributed by atoms with Crippen molar-refractivity contribution in [3.63, 3.8) is 0 Å². The van der Waals surface area contributed by atoms with Gasteiger partial charge in [-0.3, -0.25) is 15.2 Å². The molecule has 0 aliphatic heterocycles. The minimum atomic E-state index is -0.390. The highest BCUT2D eigenvalue weighted by molar-refractivity contribution is 6.01. The van der Waals surface area contributed by atoms with Gasteiger partial charge in [-0.25, -0.2) is 10.6 Å². The third-order valence-electron chi connectivity index (χ3n) is 4.10. The van der Waals surface area contributed by atoms with Crippen LogP contribution in [0.5, 0.6) is 5.75 Å². The van der Waals surface area contributed by atoms with E-state index in [4.69, 9.17) is 19.4 Å². The second-order valence-corrected chi connectivity index (χ2v) is 6.51. The molecular weight excluding hydrogens is 386 g/mol. The van der Waals surface area contributed by atoms with Crippen molar-refractivity contribution in [3.8, 4) is 5.75 Å².